The van der Waals surface area contributed by atoms with Crippen molar-refractivity contribution >= 4 is 44.1 Å². The maximum atomic E-state index is 13.4. The molecule has 34 heavy (non-hydrogen) atoms. The molecular formula is C25H22ClN3O4S. The lowest BCUT2D eigenvalue weighted by Gasteiger charge is -2.14. The molecule has 4 aromatic rings. The largest absolute Gasteiger partial charge is 0.325 e. The van der Waals surface area contributed by atoms with Gasteiger partial charge in [0.25, 0.3) is 0 Å². The third kappa shape index (κ3) is 4.60. The third-order valence-electron chi connectivity index (χ3n) is 5.55. The predicted octanol–water partition coefficient (Wildman–Crippen LogP) is 4.45. The molecule has 0 saturated heterocycles. The monoisotopic (exact) mass is 495 g/mol. The predicted molar refractivity (Wildman–Crippen MR) is 132 cm³/mol. The zero-order chi connectivity index (χ0) is 24.6. The Bertz CT molecular complexity index is 1590. The molecule has 0 unspecified atom stereocenters. The number of fused-ring (bicyclic) bond motifs is 1. The molecule has 0 fully saturated rings. The molecule has 0 spiro atoms. The topological polar surface area (TPSA) is 98.1 Å². The fraction of sp³-hybridized carbons (Fsp3) is 0.160. The average molecular weight is 496 g/mol. The van der Waals surface area contributed by atoms with Crippen molar-refractivity contribution in [2.45, 2.75) is 37.1 Å². The summed E-state index contributed by atoms with van der Waals surface area (Å²) in [6.07, 6.45) is 1.20. The number of halogens is 1. The van der Waals surface area contributed by atoms with Crippen LogP contribution in [0, 0.1) is 20.8 Å². The van der Waals surface area contributed by atoms with Gasteiger partial charge in [0.1, 0.15) is 17.1 Å². The normalized spacial score (nSPS) is 11.5. The minimum atomic E-state index is -4.14. The summed E-state index contributed by atoms with van der Waals surface area (Å²) >= 11 is 5.89. The Kier molecular flexibility index (Phi) is 6.29. The van der Waals surface area contributed by atoms with Gasteiger partial charge < -0.3 is 9.88 Å². The van der Waals surface area contributed by atoms with Gasteiger partial charge in [0.15, 0.2) is 0 Å². The Morgan fingerprint density at radius 1 is 1.00 bits per heavy atom. The number of carbonyl (C=O) groups excluding carboxylic acids is 1. The number of rotatable bonds is 5. The van der Waals surface area contributed by atoms with Crippen LogP contribution in [0.15, 0.2) is 75.4 Å². The molecule has 174 valence electrons. The second-order valence-electron chi connectivity index (χ2n) is 8.08. The van der Waals surface area contributed by atoms with E-state index in [-0.39, 0.29) is 22.5 Å². The van der Waals surface area contributed by atoms with E-state index in [2.05, 4.69) is 10.3 Å². The summed E-state index contributed by atoms with van der Waals surface area (Å²) < 4.78 is 28.3. The van der Waals surface area contributed by atoms with Crippen molar-refractivity contribution in [2.24, 2.45) is 0 Å². The van der Waals surface area contributed by atoms with Crippen LogP contribution in [-0.2, 0) is 21.2 Å². The zero-order valence-corrected chi connectivity index (χ0v) is 20.4. The number of amides is 1. The first-order valence-electron chi connectivity index (χ1n) is 10.4. The van der Waals surface area contributed by atoms with Crippen molar-refractivity contribution in [3.63, 3.8) is 0 Å². The van der Waals surface area contributed by atoms with Gasteiger partial charge in [0, 0.05) is 22.6 Å². The lowest BCUT2D eigenvalue weighted by atomic mass is 10.1. The molecular weight excluding hydrogens is 474 g/mol. The number of hydrogen-bond donors (Lipinski definition) is 1. The molecule has 0 aliphatic heterocycles. The molecule has 4 rings (SSSR count). The first kappa shape index (κ1) is 23.7. The quantitative estimate of drug-likeness (QED) is 0.441. The number of aromatic nitrogens is 2. The molecule has 9 heteroatoms. The van der Waals surface area contributed by atoms with Crippen LogP contribution in [0.1, 0.15) is 16.8 Å². The molecule has 0 aliphatic rings. The molecule has 1 N–H and O–H groups in total. The van der Waals surface area contributed by atoms with Crippen molar-refractivity contribution in [1.82, 2.24) is 9.55 Å². The fourth-order valence-corrected chi connectivity index (χ4v) is 5.12. The van der Waals surface area contributed by atoms with E-state index in [0.717, 1.165) is 11.1 Å². The average Bonchev–Trinajstić information content (AvgIpc) is 2.78. The Labute approximate surface area is 202 Å². The van der Waals surface area contributed by atoms with Gasteiger partial charge >= 0.3 is 0 Å². The number of nitrogens with one attached hydrogen (secondary N) is 1. The van der Waals surface area contributed by atoms with Crippen LogP contribution in [0.4, 0.5) is 5.69 Å². The minimum Gasteiger partial charge on any atom is -0.325 e. The molecule has 0 aliphatic carbocycles. The molecule has 0 saturated carbocycles. The van der Waals surface area contributed by atoms with E-state index in [1.54, 1.807) is 56.3 Å². The van der Waals surface area contributed by atoms with Gasteiger partial charge in [-0.15, -0.1) is 0 Å². The SMILES string of the molecule is Cc1ccc2c(=O)c(S(=O)(=O)c3ccc(C)c(C)c3)cn(CC(=O)Nc3ccc(Cl)cc3)c2n1. The maximum Gasteiger partial charge on any atom is 0.244 e. The smallest absolute Gasteiger partial charge is 0.244 e. The summed E-state index contributed by atoms with van der Waals surface area (Å²) in [6, 6.07) is 14.5. The van der Waals surface area contributed by atoms with E-state index in [1.807, 2.05) is 6.92 Å². The van der Waals surface area contributed by atoms with Gasteiger partial charge in [0.2, 0.25) is 21.2 Å². The van der Waals surface area contributed by atoms with Crippen molar-refractivity contribution in [3.05, 3.63) is 92.9 Å². The highest BCUT2D eigenvalue weighted by Gasteiger charge is 2.25. The number of nitrogens with zero attached hydrogens (tertiary/aromatic N) is 2. The molecule has 0 atom stereocenters. The van der Waals surface area contributed by atoms with E-state index in [4.69, 9.17) is 11.6 Å². The van der Waals surface area contributed by atoms with E-state index < -0.39 is 26.1 Å². The van der Waals surface area contributed by atoms with Crippen LogP contribution in [0.25, 0.3) is 11.0 Å². The van der Waals surface area contributed by atoms with Gasteiger partial charge in [-0.05, 0) is 80.4 Å². The second kappa shape index (κ2) is 9.04. The van der Waals surface area contributed by atoms with Crippen LogP contribution in [0.3, 0.4) is 0 Å². The number of pyridine rings is 2. The van der Waals surface area contributed by atoms with Gasteiger partial charge in [-0.2, -0.15) is 0 Å². The summed E-state index contributed by atoms with van der Waals surface area (Å²) in [5, 5.41) is 3.39. The standard InChI is InChI=1S/C25H22ClN3O4S/c1-15-4-10-20(12-16(15)2)34(32,33)22-13-29(25-21(24(22)31)11-5-17(3)27-25)14-23(30)28-19-8-6-18(26)7-9-19/h4-13H,14H2,1-3H3,(H,28,30). The van der Waals surface area contributed by atoms with E-state index >= 15 is 0 Å². The summed E-state index contributed by atoms with van der Waals surface area (Å²) in [5.74, 6) is -0.412. The van der Waals surface area contributed by atoms with Gasteiger partial charge in [-0.1, -0.05) is 17.7 Å². The molecule has 7 nitrogen and oxygen atoms in total. The highest BCUT2D eigenvalue weighted by molar-refractivity contribution is 7.91. The summed E-state index contributed by atoms with van der Waals surface area (Å²) in [6.45, 7) is 5.19. The Morgan fingerprint density at radius 3 is 2.38 bits per heavy atom. The minimum absolute atomic E-state index is 0.0179. The number of benzene rings is 2. The van der Waals surface area contributed by atoms with Crippen LogP contribution in [0.5, 0.6) is 0 Å². The number of aryl methyl sites for hydroxylation is 3. The summed E-state index contributed by atoms with van der Waals surface area (Å²) in [5.41, 5.74) is 2.47. The number of sulfone groups is 1. The number of carbonyl (C=O) groups is 1. The Morgan fingerprint density at radius 2 is 1.71 bits per heavy atom. The fourth-order valence-electron chi connectivity index (χ4n) is 3.54. The first-order chi connectivity index (χ1) is 16.1. The van der Waals surface area contributed by atoms with E-state index in [1.165, 1.54) is 22.9 Å². The summed E-state index contributed by atoms with van der Waals surface area (Å²) in [7, 11) is -4.14. The lowest BCUT2D eigenvalue weighted by Crippen LogP contribution is -2.24. The van der Waals surface area contributed by atoms with Crippen molar-refractivity contribution < 1.29 is 13.2 Å². The second-order valence-corrected chi connectivity index (χ2v) is 10.4. The first-order valence-corrected chi connectivity index (χ1v) is 12.3. The van der Waals surface area contributed by atoms with Crippen molar-refractivity contribution in [1.29, 1.82) is 0 Å². The highest BCUT2D eigenvalue weighted by Crippen LogP contribution is 2.23. The molecule has 0 bridgehead atoms. The molecule has 2 aromatic carbocycles. The Balaban J connectivity index is 1.83. The maximum absolute atomic E-state index is 13.4. The van der Waals surface area contributed by atoms with E-state index in [0.29, 0.717) is 16.4 Å². The number of anilines is 1. The molecule has 2 heterocycles. The molecule has 1 amide bonds. The Hall–Kier alpha value is -3.49. The van der Waals surface area contributed by atoms with Gasteiger partial charge in [0.05, 0.1) is 10.3 Å². The lowest BCUT2D eigenvalue weighted by molar-refractivity contribution is -0.116. The molecule has 2 aromatic heterocycles. The van der Waals surface area contributed by atoms with E-state index in [9.17, 15) is 18.0 Å². The third-order valence-corrected chi connectivity index (χ3v) is 7.54. The van der Waals surface area contributed by atoms with Crippen LogP contribution in [-0.4, -0.2) is 23.9 Å². The number of hydrogen-bond acceptors (Lipinski definition) is 5. The van der Waals surface area contributed by atoms with Crippen LogP contribution < -0.4 is 10.7 Å². The highest BCUT2D eigenvalue weighted by atomic mass is 35.5. The summed E-state index contributed by atoms with van der Waals surface area (Å²) in [4.78, 5) is 30.0. The van der Waals surface area contributed by atoms with Crippen LogP contribution >= 0.6 is 11.6 Å². The van der Waals surface area contributed by atoms with Crippen LogP contribution in [0.2, 0.25) is 5.02 Å². The van der Waals surface area contributed by atoms with Gasteiger partial charge in [-0.3, -0.25) is 9.59 Å². The van der Waals surface area contributed by atoms with Gasteiger partial charge in [-0.25, -0.2) is 13.4 Å². The van der Waals surface area contributed by atoms with Crippen molar-refractivity contribution in [2.75, 3.05) is 5.32 Å². The zero-order valence-electron chi connectivity index (χ0n) is 18.8. The van der Waals surface area contributed by atoms with Crippen molar-refractivity contribution in [3.8, 4) is 0 Å². The molecule has 0 radical (unpaired) electrons.